The van der Waals surface area contributed by atoms with Crippen molar-refractivity contribution in [1.29, 1.82) is 0 Å². The van der Waals surface area contributed by atoms with Crippen LogP contribution in [0.5, 0.6) is 0 Å². The predicted octanol–water partition coefficient (Wildman–Crippen LogP) is 3.23. The van der Waals surface area contributed by atoms with Crippen molar-refractivity contribution in [2.75, 3.05) is 33.7 Å². The Morgan fingerprint density at radius 2 is 1.65 bits per heavy atom. The molecule has 0 aromatic heterocycles. The first kappa shape index (κ1) is 23.7. The molecule has 9 heteroatoms. The van der Waals surface area contributed by atoms with Gasteiger partial charge in [0.05, 0.1) is 0 Å². The van der Waals surface area contributed by atoms with Gasteiger partial charge in [-0.1, -0.05) is 30.3 Å². The molecule has 148 valence electrons. The van der Waals surface area contributed by atoms with Gasteiger partial charge in [-0.05, 0) is 39.5 Å². The van der Waals surface area contributed by atoms with E-state index in [1.807, 2.05) is 51.4 Å². The zero-order valence-corrected chi connectivity index (χ0v) is 15.1. The minimum Gasteiger partial charge on any atom is -0.475 e. The summed E-state index contributed by atoms with van der Waals surface area (Å²) in [7, 11) is 4.06. The summed E-state index contributed by atoms with van der Waals surface area (Å²) >= 11 is 0. The number of halogens is 3. The van der Waals surface area contributed by atoms with Gasteiger partial charge in [-0.15, -0.1) is 0 Å². The maximum Gasteiger partial charge on any atom is 0.490 e. The van der Waals surface area contributed by atoms with Gasteiger partial charge in [0.2, 0.25) is 0 Å². The van der Waals surface area contributed by atoms with E-state index in [4.69, 9.17) is 14.6 Å². The maximum absolute atomic E-state index is 11.9. The van der Waals surface area contributed by atoms with Crippen molar-refractivity contribution in [1.82, 2.24) is 9.80 Å². The van der Waals surface area contributed by atoms with Crippen molar-refractivity contribution in [2.24, 2.45) is 0 Å². The van der Waals surface area contributed by atoms with E-state index in [0.29, 0.717) is 13.2 Å². The van der Waals surface area contributed by atoms with E-state index in [9.17, 15) is 18.0 Å². The predicted molar refractivity (Wildman–Crippen MR) is 90.7 cm³/mol. The first-order valence-corrected chi connectivity index (χ1v) is 7.98. The van der Waals surface area contributed by atoms with Crippen molar-refractivity contribution in [3.8, 4) is 0 Å². The monoisotopic (exact) mass is 378 g/mol. The highest BCUT2D eigenvalue weighted by Gasteiger charge is 2.38. The van der Waals surface area contributed by atoms with E-state index in [1.54, 1.807) is 4.90 Å². The third-order valence-corrected chi connectivity index (χ3v) is 3.12. The Kier molecular flexibility index (Phi) is 11.1. The van der Waals surface area contributed by atoms with Crippen LogP contribution in [0.25, 0.3) is 0 Å². The number of nitrogens with zero attached hydrogens (tertiary/aromatic N) is 2. The van der Waals surface area contributed by atoms with Crippen LogP contribution < -0.4 is 0 Å². The van der Waals surface area contributed by atoms with Crippen LogP contribution in [0.1, 0.15) is 18.9 Å². The quantitative estimate of drug-likeness (QED) is 0.789. The third kappa shape index (κ3) is 11.3. The Balaban J connectivity index is 0.000000758. The lowest BCUT2D eigenvalue weighted by Gasteiger charge is -2.21. The number of benzene rings is 1. The van der Waals surface area contributed by atoms with Gasteiger partial charge in [0.15, 0.2) is 0 Å². The number of carbonyl (C=O) groups is 2. The Bertz CT molecular complexity index is 537. The molecule has 0 aliphatic heterocycles. The molecular formula is C17H25F3N2O4. The number of rotatable bonds is 7. The number of hydrogen-bond acceptors (Lipinski definition) is 4. The SMILES string of the molecule is CCN(CCCN(C)C)C(=O)OCc1ccccc1.O=C(O)C(F)(F)F. The Hall–Kier alpha value is -2.29. The summed E-state index contributed by atoms with van der Waals surface area (Å²) in [5.41, 5.74) is 1.01. The maximum atomic E-state index is 11.9. The fourth-order valence-corrected chi connectivity index (χ4v) is 1.77. The summed E-state index contributed by atoms with van der Waals surface area (Å²) < 4.78 is 37.0. The van der Waals surface area contributed by atoms with E-state index >= 15 is 0 Å². The van der Waals surface area contributed by atoms with E-state index in [1.165, 1.54) is 0 Å². The van der Waals surface area contributed by atoms with Crippen LogP contribution in [0, 0.1) is 0 Å². The number of amides is 1. The molecule has 0 saturated heterocycles. The average Bonchev–Trinajstić information content (AvgIpc) is 2.57. The molecule has 0 fully saturated rings. The van der Waals surface area contributed by atoms with Gasteiger partial charge in [-0.2, -0.15) is 13.2 Å². The van der Waals surface area contributed by atoms with Gasteiger partial charge in [0, 0.05) is 13.1 Å². The fraction of sp³-hybridized carbons (Fsp3) is 0.529. The molecule has 0 bridgehead atoms. The first-order valence-electron chi connectivity index (χ1n) is 7.98. The van der Waals surface area contributed by atoms with Gasteiger partial charge >= 0.3 is 18.2 Å². The van der Waals surface area contributed by atoms with Crippen LogP contribution in [0.15, 0.2) is 30.3 Å². The molecule has 0 unspecified atom stereocenters. The number of alkyl halides is 3. The minimum atomic E-state index is -5.08. The van der Waals surface area contributed by atoms with Crippen LogP contribution in [0.4, 0.5) is 18.0 Å². The Morgan fingerprint density at radius 3 is 2.08 bits per heavy atom. The standard InChI is InChI=1S/C15H24N2O2.C2HF3O2/c1-4-17(12-8-11-16(2)3)15(18)19-13-14-9-6-5-7-10-14;3-2(4,5)1(6)7/h5-7,9-10H,4,8,11-13H2,1-3H3;(H,6,7). The molecule has 0 saturated carbocycles. The third-order valence-electron chi connectivity index (χ3n) is 3.12. The number of aliphatic carboxylic acids is 1. The molecule has 1 rings (SSSR count). The average molecular weight is 378 g/mol. The normalized spacial score (nSPS) is 10.7. The highest BCUT2D eigenvalue weighted by Crippen LogP contribution is 2.13. The molecule has 0 aliphatic rings. The molecule has 26 heavy (non-hydrogen) atoms. The van der Waals surface area contributed by atoms with E-state index < -0.39 is 12.1 Å². The second-order valence-corrected chi connectivity index (χ2v) is 5.58. The summed E-state index contributed by atoms with van der Waals surface area (Å²) in [4.78, 5) is 24.7. The number of ether oxygens (including phenoxy) is 1. The van der Waals surface area contributed by atoms with Crippen molar-refractivity contribution in [3.63, 3.8) is 0 Å². The summed E-state index contributed by atoms with van der Waals surface area (Å²) in [6.07, 6.45) is -4.36. The van der Waals surface area contributed by atoms with Crippen molar-refractivity contribution < 1.29 is 32.6 Å². The van der Waals surface area contributed by atoms with Gasteiger partial charge in [-0.3, -0.25) is 0 Å². The molecule has 1 aromatic rings. The number of carboxylic acid groups (broad SMARTS) is 1. The second kappa shape index (κ2) is 12.1. The topological polar surface area (TPSA) is 70.1 Å². The zero-order valence-electron chi connectivity index (χ0n) is 15.1. The van der Waals surface area contributed by atoms with Gasteiger partial charge < -0.3 is 19.6 Å². The first-order chi connectivity index (χ1) is 12.1. The van der Waals surface area contributed by atoms with Crippen LogP contribution in [-0.4, -0.2) is 66.9 Å². The molecule has 0 aliphatic carbocycles. The van der Waals surface area contributed by atoms with Crippen molar-refractivity contribution in [2.45, 2.75) is 26.1 Å². The lowest BCUT2D eigenvalue weighted by Crippen LogP contribution is -2.33. The molecule has 0 spiro atoms. The van der Waals surface area contributed by atoms with Crippen molar-refractivity contribution >= 4 is 12.1 Å². The van der Waals surface area contributed by atoms with Crippen LogP contribution in [-0.2, 0) is 16.1 Å². The summed E-state index contributed by atoms with van der Waals surface area (Å²) in [5, 5.41) is 7.12. The van der Waals surface area contributed by atoms with Crippen LogP contribution >= 0.6 is 0 Å². The summed E-state index contributed by atoms with van der Waals surface area (Å²) in [5.74, 6) is -2.76. The number of carbonyl (C=O) groups excluding carboxylic acids is 1. The molecule has 1 amide bonds. The number of hydrogen-bond donors (Lipinski definition) is 1. The van der Waals surface area contributed by atoms with Gasteiger partial charge in [0.25, 0.3) is 0 Å². The second-order valence-electron chi connectivity index (χ2n) is 5.58. The Morgan fingerprint density at radius 1 is 1.12 bits per heavy atom. The Labute approximate surface area is 151 Å². The summed E-state index contributed by atoms with van der Waals surface area (Å²) in [6.45, 7) is 4.70. The zero-order chi connectivity index (χ0) is 20.2. The van der Waals surface area contributed by atoms with Crippen LogP contribution in [0.2, 0.25) is 0 Å². The molecule has 0 heterocycles. The van der Waals surface area contributed by atoms with E-state index in [2.05, 4.69) is 4.90 Å². The van der Waals surface area contributed by atoms with E-state index in [0.717, 1.165) is 25.1 Å². The molecule has 0 atom stereocenters. The minimum absolute atomic E-state index is 0.231. The lowest BCUT2D eigenvalue weighted by atomic mass is 10.2. The number of carboxylic acids is 1. The lowest BCUT2D eigenvalue weighted by molar-refractivity contribution is -0.192. The largest absolute Gasteiger partial charge is 0.490 e. The van der Waals surface area contributed by atoms with Gasteiger partial charge in [0.1, 0.15) is 6.61 Å². The highest BCUT2D eigenvalue weighted by atomic mass is 19.4. The molecule has 1 aromatic carbocycles. The highest BCUT2D eigenvalue weighted by molar-refractivity contribution is 5.73. The van der Waals surface area contributed by atoms with Crippen molar-refractivity contribution in [3.05, 3.63) is 35.9 Å². The van der Waals surface area contributed by atoms with E-state index in [-0.39, 0.29) is 6.09 Å². The van der Waals surface area contributed by atoms with Gasteiger partial charge in [-0.25, -0.2) is 9.59 Å². The molecule has 6 nitrogen and oxygen atoms in total. The van der Waals surface area contributed by atoms with Crippen LogP contribution in [0.3, 0.4) is 0 Å². The fourth-order valence-electron chi connectivity index (χ4n) is 1.77. The smallest absolute Gasteiger partial charge is 0.475 e. The molecule has 1 N–H and O–H groups in total. The molecular weight excluding hydrogens is 353 g/mol. The molecule has 0 radical (unpaired) electrons. The summed E-state index contributed by atoms with van der Waals surface area (Å²) in [6, 6.07) is 9.74.